The summed E-state index contributed by atoms with van der Waals surface area (Å²) in [7, 11) is 0. The third kappa shape index (κ3) is 2.64. The maximum absolute atomic E-state index is 6.06. The molecule has 0 aromatic rings. The number of hydrogen-bond acceptors (Lipinski definition) is 3. The van der Waals surface area contributed by atoms with Gasteiger partial charge in [0.15, 0.2) is 5.96 Å². The average Bonchev–Trinajstić information content (AvgIpc) is 2.96. The topological polar surface area (TPSA) is 46.1 Å². The fourth-order valence-corrected chi connectivity index (χ4v) is 5.45. The molecule has 1 spiro atoms. The van der Waals surface area contributed by atoms with Gasteiger partial charge in [0.25, 0.3) is 0 Å². The average molecular weight is 335 g/mol. The summed E-state index contributed by atoms with van der Waals surface area (Å²) < 4.78 is 11.9. The lowest BCUT2D eigenvalue weighted by Crippen LogP contribution is -2.72. The van der Waals surface area contributed by atoms with Crippen LogP contribution in [0.5, 0.6) is 0 Å². The SMILES string of the molecule is CCN=C(NC1C2CCOC2C12CCC2)N1CCC(OCC)CC1. The second-order valence-corrected chi connectivity index (χ2v) is 7.89. The van der Waals surface area contributed by atoms with Gasteiger partial charge in [-0.05, 0) is 46.0 Å². The summed E-state index contributed by atoms with van der Waals surface area (Å²) in [4.78, 5) is 7.28. The Morgan fingerprint density at radius 3 is 2.67 bits per heavy atom. The first-order chi connectivity index (χ1) is 11.8. The zero-order valence-corrected chi connectivity index (χ0v) is 15.3. The Balaban J connectivity index is 1.40. The zero-order valence-electron chi connectivity index (χ0n) is 15.3. The summed E-state index contributed by atoms with van der Waals surface area (Å²) in [5.74, 6) is 1.84. The molecule has 2 aliphatic carbocycles. The molecule has 2 aliphatic heterocycles. The van der Waals surface area contributed by atoms with Crippen molar-refractivity contribution < 1.29 is 9.47 Å². The number of nitrogens with one attached hydrogen (secondary N) is 1. The van der Waals surface area contributed by atoms with Crippen molar-refractivity contribution in [2.45, 2.75) is 70.6 Å². The lowest BCUT2D eigenvalue weighted by Gasteiger charge is -2.63. The first-order valence-corrected chi connectivity index (χ1v) is 10.1. The van der Waals surface area contributed by atoms with E-state index in [1.165, 1.54) is 25.7 Å². The van der Waals surface area contributed by atoms with E-state index in [-0.39, 0.29) is 0 Å². The minimum Gasteiger partial charge on any atom is -0.378 e. The number of likely N-dealkylation sites (tertiary alicyclic amines) is 1. The fraction of sp³-hybridized carbons (Fsp3) is 0.947. The standard InChI is InChI=1S/C19H33N3O2/c1-3-20-18(22-11-6-14(7-12-22)23-4-2)21-16-15-8-13-24-17(15)19(16)9-5-10-19/h14-17H,3-13H2,1-2H3,(H,20,21). The molecule has 5 nitrogen and oxygen atoms in total. The van der Waals surface area contributed by atoms with E-state index in [0.29, 0.717) is 29.6 Å². The van der Waals surface area contributed by atoms with E-state index < -0.39 is 0 Å². The van der Waals surface area contributed by atoms with Crippen molar-refractivity contribution in [3.05, 3.63) is 0 Å². The minimum absolute atomic E-state index is 0.416. The third-order valence-electron chi connectivity index (χ3n) is 6.77. The van der Waals surface area contributed by atoms with Gasteiger partial charge in [-0.2, -0.15) is 0 Å². The van der Waals surface area contributed by atoms with Crippen molar-refractivity contribution in [3.8, 4) is 0 Å². The van der Waals surface area contributed by atoms with Gasteiger partial charge in [0.05, 0.1) is 12.2 Å². The molecule has 2 saturated heterocycles. The molecule has 2 saturated carbocycles. The number of aliphatic imine (C=N–C) groups is 1. The highest BCUT2D eigenvalue weighted by Gasteiger charge is 2.66. The molecule has 0 aromatic heterocycles. The molecule has 1 N–H and O–H groups in total. The van der Waals surface area contributed by atoms with E-state index in [9.17, 15) is 0 Å². The number of rotatable bonds is 4. The molecule has 136 valence electrons. The predicted molar refractivity (Wildman–Crippen MR) is 95.3 cm³/mol. The van der Waals surface area contributed by atoms with Crippen molar-refractivity contribution >= 4 is 5.96 Å². The minimum atomic E-state index is 0.416. The highest BCUT2D eigenvalue weighted by molar-refractivity contribution is 5.80. The van der Waals surface area contributed by atoms with Gasteiger partial charge in [-0.1, -0.05) is 6.42 Å². The van der Waals surface area contributed by atoms with Crippen LogP contribution >= 0.6 is 0 Å². The Morgan fingerprint density at radius 2 is 2.04 bits per heavy atom. The second-order valence-electron chi connectivity index (χ2n) is 7.89. The van der Waals surface area contributed by atoms with Gasteiger partial charge in [0.2, 0.25) is 0 Å². The monoisotopic (exact) mass is 335 g/mol. The number of fused-ring (bicyclic) bond motifs is 2. The molecule has 0 bridgehead atoms. The maximum Gasteiger partial charge on any atom is 0.194 e. The van der Waals surface area contributed by atoms with Crippen LogP contribution in [0.2, 0.25) is 0 Å². The molecule has 0 radical (unpaired) electrons. The molecule has 3 atom stereocenters. The molecule has 24 heavy (non-hydrogen) atoms. The summed E-state index contributed by atoms with van der Waals surface area (Å²) in [6.45, 7) is 8.96. The Morgan fingerprint density at radius 1 is 1.25 bits per heavy atom. The van der Waals surface area contributed by atoms with E-state index in [1.54, 1.807) is 0 Å². The fourth-order valence-electron chi connectivity index (χ4n) is 5.45. The van der Waals surface area contributed by atoms with Crippen LogP contribution in [-0.4, -0.2) is 62.0 Å². The van der Waals surface area contributed by atoms with Gasteiger partial charge in [0, 0.05) is 50.2 Å². The summed E-state index contributed by atoms with van der Waals surface area (Å²) in [6.07, 6.45) is 8.43. The quantitative estimate of drug-likeness (QED) is 0.633. The van der Waals surface area contributed by atoms with Gasteiger partial charge >= 0.3 is 0 Å². The molecule has 4 rings (SSSR count). The summed E-state index contributed by atoms with van der Waals surface area (Å²) in [5, 5.41) is 3.89. The second kappa shape index (κ2) is 6.83. The van der Waals surface area contributed by atoms with Crippen LogP contribution in [0.25, 0.3) is 0 Å². The first-order valence-electron chi connectivity index (χ1n) is 10.1. The van der Waals surface area contributed by atoms with Crippen LogP contribution in [0.3, 0.4) is 0 Å². The Hall–Kier alpha value is -0.810. The van der Waals surface area contributed by atoms with Gasteiger partial charge in [-0.3, -0.25) is 4.99 Å². The first kappa shape index (κ1) is 16.6. The van der Waals surface area contributed by atoms with Crippen LogP contribution in [0, 0.1) is 11.3 Å². The molecule has 4 aliphatic rings. The number of piperidine rings is 1. The van der Waals surface area contributed by atoms with Crippen molar-refractivity contribution in [2.24, 2.45) is 16.3 Å². The molecule has 0 amide bonds. The highest BCUT2D eigenvalue weighted by atomic mass is 16.5. The van der Waals surface area contributed by atoms with E-state index in [2.05, 4.69) is 24.1 Å². The summed E-state index contributed by atoms with van der Waals surface area (Å²) >= 11 is 0. The van der Waals surface area contributed by atoms with E-state index in [0.717, 1.165) is 51.6 Å². The van der Waals surface area contributed by atoms with Crippen molar-refractivity contribution in [1.29, 1.82) is 0 Å². The smallest absolute Gasteiger partial charge is 0.194 e. The molecule has 5 heteroatoms. The largest absolute Gasteiger partial charge is 0.378 e. The van der Waals surface area contributed by atoms with Crippen LogP contribution < -0.4 is 5.32 Å². The molecular weight excluding hydrogens is 302 g/mol. The van der Waals surface area contributed by atoms with E-state index >= 15 is 0 Å². The van der Waals surface area contributed by atoms with Crippen LogP contribution in [0.1, 0.15) is 52.4 Å². The van der Waals surface area contributed by atoms with Crippen LogP contribution in [0.4, 0.5) is 0 Å². The lowest BCUT2D eigenvalue weighted by atomic mass is 9.46. The van der Waals surface area contributed by atoms with Crippen molar-refractivity contribution in [2.75, 3.05) is 32.8 Å². The Kier molecular flexibility index (Phi) is 4.74. The van der Waals surface area contributed by atoms with Gasteiger partial charge in [-0.25, -0.2) is 0 Å². The van der Waals surface area contributed by atoms with Crippen LogP contribution in [0.15, 0.2) is 4.99 Å². The van der Waals surface area contributed by atoms with Crippen molar-refractivity contribution in [3.63, 3.8) is 0 Å². The van der Waals surface area contributed by atoms with E-state index in [1.807, 2.05) is 0 Å². The predicted octanol–water partition coefficient (Wildman–Crippen LogP) is 2.41. The number of nitrogens with zero attached hydrogens (tertiary/aromatic N) is 2. The number of guanidine groups is 1. The lowest BCUT2D eigenvalue weighted by molar-refractivity contribution is -0.171. The van der Waals surface area contributed by atoms with Crippen LogP contribution in [-0.2, 0) is 9.47 Å². The van der Waals surface area contributed by atoms with Gasteiger partial charge < -0.3 is 19.7 Å². The highest BCUT2D eigenvalue weighted by Crippen LogP contribution is 2.62. The van der Waals surface area contributed by atoms with Gasteiger partial charge in [0.1, 0.15) is 0 Å². The maximum atomic E-state index is 6.06. The molecular formula is C19H33N3O2. The zero-order chi connectivity index (χ0) is 16.6. The summed E-state index contributed by atoms with van der Waals surface area (Å²) in [5.41, 5.74) is 0.416. The molecule has 0 aromatic carbocycles. The molecule has 2 heterocycles. The third-order valence-corrected chi connectivity index (χ3v) is 6.77. The van der Waals surface area contributed by atoms with Gasteiger partial charge in [-0.15, -0.1) is 0 Å². The molecule has 4 fully saturated rings. The normalized spacial score (nSPS) is 35.5. The number of ether oxygens (including phenoxy) is 2. The summed E-state index contributed by atoms with van der Waals surface area (Å²) in [6, 6.07) is 0.577. The Bertz CT molecular complexity index is 469. The molecule has 3 unspecified atom stereocenters. The van der Waals surface area contributed by atoms with E-state index in [4.69, 9.17) is 14.5 Å². The van der Waals surface area contributed by atoms with Crippen molar-refractivity contribution in [1.82, 2.24) is 10.2 Å². The Labute approximate surface area is 146 Å². The number of hydrogen-bond donors (Lipinski definition) is 1.